The number of hydrogen-bond donors (Lipinski definition) is 2. The number of aromatic nitrogens is 2. The molecular weight excluding hydrogens is 410 g/mol. The largest absolute Gasteiger partial charge is 0.465 e. The van der Waals surface area contributed by atoms with Crippen LogP contribution in [0.25, 0.3) is 11.5 Å². The number of carbonyl (C=O) groups is 2. The number of amides is 2. The van der Waals surface area contributed by atoms with Gasteiger partial charge in [0.25, 0.3) is 0 Å². The number of benzene rings is 2. The lowest BCUT2D eigenvalue weighted by molar-refractivity contribution is -0.146. The highest BCUT2D eigenvalue weighted by Crippen LogP contribution is 2.49. The van der Waals surface area contributed by atoms with Gasteiger partial charge in [0, 0.05) is 23.0 Å². The van der Waals surface area contributed by atoms with Gasteiger partial charge in [-0.1, -0.05) is 0 Å². The third-order valence-corrected chi connectivity index (χ3v) is 4.82. The summed E-state index contributed by atoms with van der Waals surface area (Å²) in [5.41, 5.74) is 0.321. The van der Waals surface area contributed by atoms with Crippen molar-refractivity contribution >= 4 is 23.4 Å². The van der Waals surface area contributed by atoms with Crippen LogP contribution in [-0.4, -0.2) is 28.8 Å². The third kappa shape index (κ3) is 4.23. The van der Waals surface area contributed by atoms with E-state index < -0.39 is 23.1 Å². The number of urea groups is 1. The van der Waals surface area contributed by atoms with Crippen LogP contribution in [0.1, 0.15) is 25.7 Å². The van der Waals surface area contributed by atoms with Crippen molar-refractivity contribution in [3.63, 3.8) is 0 Å². The number of esters is 1. The van der Waals surface area contributed by atoms with Gasteiger partial charge in [-0.15, -0.1) is 10.2 Å². The van der Waals surface area contributed by atoms with Crippen LogP contribution in [-0.2, 0) is 14.9 Å². The molecule has 0 saturated heterocycles. The van der Waals surface area contributed by atoms with Gasteiger partial charge in [0.2, 0.25) is 11.8 Å². The first-order valence-electron chi connectivity index (χ1n) is 9.56. The first-order chi connectivity index (χ1) is 14.9. The van der Waals surface area contributed by atoms with Crippen LogP contribution in [0.2, 0.25) is 0 Å². The minimum Gasteiger partial charge on any atom is -0.465 e. The summed E-state index contributed by atoms with van der Waals surface area (Å²) in [5, 5.41) is 13.0. The van der Waals surface area contributed by atoms with E-state index in [9.17, 15) is 18.4 Å². The Labute approximate surface area is 175 Å². The molecule has 160 valence electrons. The molecule has 10 heteroatoms. The van der Waals surface area contributed by atoms with E-state index in [1.807, 2.05) is 0 Å². The van der Waals surface area contributed by atoms with Gasteiger partial charge in [0.15, 0.2) is 11.6 Å². The van der Waals surface area contributed by atoms with Crippen molar-refractivity contribution in [2.45, 2.75) is 25.2 Å². The predicted octanol–water partition coefficient (Wildman–Crippen LogP) is 4.25. The molecule has 1 fully saturated rings. The summed E-state index contributed by atoms with van der Waals surface area (Å²) in [7, 11) is 0. The standard InChI is InChI=1S/C21H18F2N4O4/c1-2-30-19(28)21(9-10-21)18-27-26-17(31-18)12-3-5-13(6-4-12)24-20(29)25-14-7-8-15(22)16(23)11-14/h3-8,11H,2,9-10H2,1H3,(H2,24,25,29). The van der Waals surface area contributed by atoms with E-state index in [0.717, 1.165) is 12.1 Å². The number of halogens is 2. The minimum atomic E-state index is -1.06. The first kappa shape index (κ1) is 20.5. The maximum Gasteiger partial charge on any atom is 0.323 e. The summed E-state index contributed by atoms with van der Waals surface area (Å²) in [5.74, 6) is -1.95. The molecule has 1 saturated carbocycles. The van der Waals surface area contributed by atoms with Crippen molar-refractivity contribution in [3.8, 4) is 11.5 Å². The molecule has 0 spiro atoms. The summed E-state index contributed by atoms with van der Waals surface area (Å²) in [6.45, 7) is 2.01. The number of nitrogens with zero attached hydrogens (tertiary/aromatic N) is 2. The van der Waals surface area contributed by atoms with Gasteiger partial charge in [-0.3, -0.25) is 4.79 Å². The Kier molecular flexibility index (Phi) is 5.37. The maximum absolute atomic E-state index is 13.2. The summed E-state index contributed by atoms with van der Waals surface area (Å²) >= 11 is 0. The van der Waals surface area contributed by atoms with Gasteiger partial charge in [0.05, 0.1) is 6.61 Å². The summed E-state index contributed by atoms with van der Waals surface area (Å²) in [4.78, 5) is 24.2. The zero-order chi connectivity index (χ0) is 22.0. The maximum atomic E-state index is 13.2. The molecule has 8 nitrogen and oxygen atoms in total. The molecule has 2 aromatic carbocycles. The number of nitrogens with one attached hydrogen (secondary N) is 2. The van der Waals surface area contributed by atoms with Crippen LogP contribution in [0.4, 0.5) is 25.0 Å². The van der Waals surface area contributed by atoms with Crippen LogP contribution in [0.15, 0.2) is 46.9 Å². The second-order valence-electron chi connectivity index (χ2n) is 7.00. The summed E-state index contributed by atoms with van der Waals surface area (Å²) in [6.07, 6.45) is 1.20. The molecular formula is C21H18F2N4O4. The Balaban J connectivity index is 1.41. The molecule has 1 aromatic heterocycles. The lowest BCUT2D eigenvalue weighted by Gasteiger charge is -2.09. The molecule has 1 aliphatic carbocycles. The quantitative estimate of drug-likeness (QED) is 0.569. The van der Waals surface area contributed by atoms with Gasteiger partial charge in [-0.05, 0) is 56.2 Å². The second-order valence-corrected chi connectivity index (χ2v) is 7.00. The van der Waals surface area contributed by atoms with E-state index >= 15 is 0 Å². The Bertz CT molecular complexity index is 1130. The zero-order valence-corrected chi connectivity index (χ0v) is 16.4. The molecule has 0 atom stereocenters. The van der Waals surface area contributed by atoms with Crippen molar-refractivity contribution in [1.82, 2.24) is 10.2 Å². The number of carbonyl (C=O) groups excluding carboxylic acids is 2. The highest BCUT2D eigenvalue weighted by molar-refractivity contribution is 5.99. The summed E-state index contributed by atoms with van der Waals surface area (Å²) in [6, 6.07) is 8.98. The first-order valence-corrected chi connectivity index (χ1v) is 9.56. The monoisotopic (exact) mass is 428 g/mol. The zero-order valence-electron chi connectivity index (χ0n) is 16.4. The van der Waals surface area contributed by atoms with Crippen LogP contribution < -0.4 is 10.6 Å². The molecule has 1 heterocycles. The van der Waals surface area contributed by atoms with E-state index in [1.165, 1.54) is 6.07 Å². The van der Waals surface area contributed by atoms with Crippen molar-refractivity contribution in [2.24, 2.45) is 0 Å². The Morgan fingerprint density at radius 1 is 1.03 bits per heavy atom. The molecule has 0 unspecified atom stereocenters. The fourth-order valence-corrected chi connectivity index (χ4v) is 3.00. The van der Waals surface area contributed by atoms with E-state index in [1.54, 1.807) is 31.2 Å². The molecule has 3 aromatic rings. The average molecular weight is 428 g/mol. The molecule has 0 bridgehead atoms. The normalized spacial score (nSPS) is 14.0. The van der Waals surface area contributed by atoms with Gasteiger partial charge in [-0.2, -0.15) is 0 Å². The number of anilines is 2. The molecule has 0 radical (unpaired) electrons. The molecule has 0 aliphatic heterocycles. The Morgan fingerprint density at radius 2 is 1.71 bits per heavy atom. The highest BCUT2D eigenvalue weighted by Gasteiger charge is 2.57. The van der Waals surface area contributed by atoms with E-state index in [-0.39, 0.29) is 30.0 Å². The highest BCUT2D eigenvalue weighted by atomic mass is 19.2. The van der Waals surface area contributed by atoms with Crippen molar-refractivity contribution in [3.05, 3.63) is 60.0 Å². The van der Waals surface area contributed by atoms with Crippen molar-refractivity contribution < 1.29 is 27.5 Å². The number of ether oxygens (including phenoxy) is 1. The topological polar surface area (TPSA) is 106 Å². The number of hydrogen-bond acceptors (Lipinski definition) is 6. The Morgan fingerprint density at radius 3 is 2.35 bits per heavy atom. The van der Waals surface area contributed by atoms with E-state index in [2.05, 4.69) is 20.8 Å². The lowest BCUT2D eigenvalue weighted by Crippen LogP contribution is -2.23. The van der Waals surface area contributed by atoms with Crippen LogP contribution >= 0.6 is 0 Å². The average Bonchev–Trinajstić information content (AvgIpc) is 3.41. The third-order valence-electron chi connectivity index (χ3n) is 4.82. The van der Waals surface area contributed by atoms with Gasteiger partial charge < -0.3 is 19.8 Å². The van der Waals surface area contributed by atoms with Crippen LogP contribution in [0, 0.1) is 11.6 Å². The van der Waals surface area contributed by atoms with Crippen LogP contribution in [0.5, 0.6) is 0 Å². The lowest BCUT2D eigenvalue weighted by atomic mass is 10.1. The van der Waals surface area contributed by atoms with E-state index in [0.29, 0.717) is 24.1 Å². The van der Waals surface area contributed by atoms with E-state index in [4.69, 9.17) is 9.15 Å². The summed E-state index contributed by atoms with van der Waals surface area (Å²) < 4.78 is 37.0. The predicted molar refractivity (Wildman–Crippen MR) is 106 cm³/mol. The Hall–Kier alpha value is -3.82. The fourth-order valence-electron chi connectivity index (χ4n) is 3.00. The van der Waals surface area contributed by atoms with Crippen LogP contribution in [0.3, 0.4) is 0 Å². The molecule has 31 heavy (non-hydrogen) atoms. The van der Waals surface area contributed by atoms with Gasteiger partial charge in [0.1, 0.15) is 5.41 Å². The van der Waals surface area contributed by atoms with Crippen molar-refractivity contribution in [1.29, 1.82) is 0 Å². The molecule has 2 amide bonds. The molecule has 4 rings (SSSR count). The molecule has 1 aliphatic rings. The number of rotatable bonds is 6. The van der Waals surface area contributed by atoms with Crippen molar-refractivity contribution in [2.75, 3.05) is 17.2 Å². The van der Waals surface area contributed by atoms with Gasteiger partial charge in [-0.25, -0.2) is 13.6 Å². The second kappa shape index (κ2) is 8.13. The molecule has 2 N–H and O–H groups in total. The fraction of sp³-hybridized carbons (Fsp3) is 0.238. The smallest absolute Gasteiger partial charge is 0.323 e. The SMILES string of the molecule is CCOC(=O)C1(c2nnc(-c3ccc(NC(=O)Nc4ccc(F)c(F)c4)cc3)o2)CC1. The van der Waals surface area contributed by atoms with Gasteiger partial charge >= 0.3 is 12.0 Å². The minimum absolute atomic E-state index is 0.113.